The smallest absolute Gasteiger partial charge is 0.409 e. The fourth-order valence-electron chi connectivity index (χ4n) is 3.59. The van der Waals surface area contributed by atoms with Crippen LogP contribution < -0.4 is 5.32 Å². The normalized spacial score (nSPS) is 18.5. The number of hydrogen-bond acceptors (Lipinski definition) is 5. The fourth-order valence-corrected chi connectivity index (χ4v) is 3.59. The Morgan fingerprint density at radius 3 is 2.54 bits per heavy atom. The third kappa shape index (κ3) is 4.65. The number of ether oxygens (including phenoxy) is 1. The van der Waals surface area contributed by atoms with Gasteiger partial charge in [-0.25, -0.2) is 9.78 Å². The molecule has 1 aromatic rings. The van der Waals surface area contributed by atoms with Gasteiger partial charge in [-0.1, -0.05) is 19.3 Å². The van der Waals surface area contributed by atoms with Crippen molar-refractivity contribution in [2.24, 2.45) is 0 Å². The molecule has 2 aliphatic rings. The molecule has 2 heterocycles. The maximum absolute atomic E-state index is 12.8. The first-order valence-corrected chi connectivity index (χ1v) is 9.61. The van der Waals surface area contributed by atoms with E-state index in [0.29, 0.717) is 44.4 Å². The number of carbonyl (C=O) groups excluding carboxylic acids is 2. The highest BCUT2D eigenvalue weighted by Gasteiger charge is 2.25. The van der Waals surface area contributed by atoms with Crippen LogP contribution in [0.4, 0.5) is 10.6 Å². The van der Waals surface area contributed by atoms with Gasteiger partial charge in [0, 0.05) is 44.0 Å². The average Bonchev–Trinajstić information content (AvgIpc) is 2.69. The number of carbonyl (C=O) groups is 2. The third-order valence-electron chi connectivity index (χ3n) is 5.06. The molecule has 0 radical (unpaired) electrons. The molecule has 1 saturated carbocycles. The number of aromatic nitrogens is 1. The summed E-state index contributed by atoms with van der Waals surface area (Å²) in [4.78, 5) is 32.3. The average molecular weight is 360 g/mol. The number of nitrogens with one attached hydrogen (secondary N) is 1. The molecule has 0 unspecified atom stereocenters. The molecule has 0 spiro atoms. The number of piperazine rings is 1. The van der Waals surface area contributed by atoms with E-state index in [1.165, 1.54) is 19.3 Å². The Balaban J connectivity index is 1.56. The number of hydrogen-bond donors (Lipinski definition) is 1. The number of rotatable bonds is 4. The summed E-state index contributed by atoms with van der Waals surface area (Å²) in [5, 5.41) is 3.46. The lowest BCUT2D eigenvalue weighted by molar-refractivity contribution is 0.0570. The van der Waals surface area contributed by atoms with E-state index in [-0.39, 0.29) is 12.0 Å². The van der Waals surface area contributed by atoms with Gasteiger partial charge in [0.25, 0.3) is 5.91 Å². The molecule has 2 amide bonds. The van der Waals surface area contributed by atoms with E-state index in [1.807, 2.05) is 6.07 Å². The van der Waals surface area contributed by atoms with Crippen LogP contribution in [0.3, 0.4) is 0 Å². The monoisotopic (exact) mass is 360 g/mol. The second kappa shape index (κ2) is 8.87. The van der Waals surface area contributed by atoms with Crippen LogP contribution in [0.5, 0.6) is 0 Å². The molecule has 7 heteroatoms. The second-order valence-corrected chi connectivity index (χ2v) is 6.89. The molecule has 1 N–H and O–H groups in total. The summed E-state index contributed by atoms with van der Waals surface area (Å²) in [5.74, 6) is 0.760. The van der Waals surface area contributed by atoms with Crippen LogP contribution in [0.25, 0.3) is 0 Å². The van der Waals surface area contributed by atoms with Gasteiger partial charge < -0.3 is 19.9 Å². The van der Waals surface area contributed by atoms with Crippen molar-refractivity contribution in [1.29, 1.82) is 0 Å². The molecule has 0 bridgehead atoms. The maximum atomic E-state index is 12.8. The maximum Gasteiger partial charge on any atom is 0.409 e. The van der Waals surface area contributed by atoms with E-state index in [9.17, 15) is 9.59 Å². The summed E-state index contributed by atoms with van der Waals surface area (Å²) in [6.45, 7) is 4.20. The molecule has 1 aliphatic heterocycles. The highest BCUT2D eigenvalue weighted by Crippen LogP contribution is 2.21. The summed E-state index contributed by atoms with van der Waals surface area (Å²) in [5.41, 5.74) is 0.642. The van der Waals surface area contributed by atoms with Gasteiger partial charge in [-0.15, -0.1) is 0 Å². The third-order valence-corrected chi connectivity index (χ3v) is 5.06. The topological polar surface area (TPSA) is 74.8 Å². The summed E-state index contributed by atoms with van der Waals surface area (Å²) in [7, 11) is 0. The predicted octanol–water partition coefficient (Wildman–Crippen LogP) is 2.74. The number of anilines is 1. The molecule has 3 rings (SSSR count). The van der Waals surface area contributed by atoms with E-state index >= 15 is 0 Å². The van der Waals surface area contributed by atoms with Gasteiger partial charge in [-0.2, -0.15) is 0 Å². The standard InChI is InChI=1S/C19H28N4O3/c1-2-26-19(25)23-12-10-22(11-13-23)18(24)15-8-9-20-17(14-15)21-16-6-4-3-5-7-16/h8-9,14,16H,2-7,10-13H2,1H3,(H,20,21). The van der Waals surface area contributed by atoms with Crippen molar-refractivity contribution in [2.45, 2.75) is 45.1 Å². The van der Waals surface area contributed by atoms with Crippen LogP contribution in [-0.4, -0.2) is 65.6 Å². The highest BCUT2D eigenvalue weighted by atomic mass is 16.6. The van der Waals surface area contributed by atoms with Crippen molar-refractivity contribution in [3.63, 3.8) is 0 Å². The van der Waals surface area contributed by atoms with Crippen molar-refractivity contribution in [3.05, 3.63) is 23.9 Å². The highest BCUT2D eigenvalue weighted by molar-refractivity contribution is 5.95. The van der Waals surface area contributed by atoms with Crippen molar-refractivity contribution in [1.82, 2.24) is 14.8 Å². The number of nitrogens with zero attached hydrogens (tertiary/aromatic N) is 3. The lowest BCUT2D eigenvalue weighted by atomic mass is 9.95. The first-order chi connectivity index (χ1) is 12.7. The molecular formula is C19H28N4O3. The van der Waals surface area contributed by atoms with Crippen molar-refractivity contribution in [3.8, 4) is 0 Å². The van der Waals surface area contributed by atoms with Crippen LogP contribution in [0.1, 0.15) is 49.4 Å². The Labute approximate surface area is 154 Å². The predicted molar refractivity (Wildman–Crippen MR) is 99.2 cm³/mol. The lowest BCUT2D eigenvalue weighted by Crippen LogP contribution is -2.50. The van der Waals surface area contributed by atoms with Gasteiger partial charge in [0.2, 0.25) is 0 Å². The van der Waals surface area contributed by atoms with E-state index in [1.54, 1.807) is 29.0 Å². The van der Waals surface area contributed by atoms with E-state index in [4.69, 9.17) is 4.74 Å². The Morgan fingerprint density at radius 1 is 1.15 bits per heavy atom. The fraction of sp³-hybridized carbons (Fsp3) is 0.632. The zero-order valence-electron chi connectivity index (χ0n) is 15.4. The number of amides is 2. The van der Waals surface area contributed by atoms with Crippen molar-refractivity contribution in [2.75, 3.05) is 38.1 Å². The molecule has 1 aromatic heterocycles. The SMILES string of the molecule is CCOC(=O)N1CCN(C(=O)c2ccnc(NC3CCCCC3)c2)CC1. The molecule has 2 fully saturated rings. The Morgan fingerprint density at radius 2 is 1.85 bits per heavy atom. The van der Waals surface area contributed by atoms with Gasteiger partial charge in [-0.3, -0.25) is 4.79 Å². The van der Waals surface area contributed by atoms with Crippen LogP contribution in [0, 0.1) is 0 Å². The minimum atomic E-state index is -0.303. The molecule has 1 saturated heterocycles. The molecular weight excluding hydrogens is 332 g/mol. The molecule has 142 valence electrons. The van der Waals surface area contributed by atoms with Crippen LogP contribution >= 0.6 is 0 Å². The quantitative estimate of drug-likeness (QED) is 0.894. The summed E-state index contributed by atoms with van der Waals surface area (Å²) in [6.07, 6.45) is 7.52. The van der Waals surface area contributed by atoms with E-state index < -0.39 is 0 Å². The van der Waals surface area contributed by atoms with Gasteiger partial charge in [0.1, 0.15) is 5.82 Å². The zero-order chi connectivity index (χ0) is 18.4. The largest absolute Gasteiger partial charge is 0.450 e. The number of pyridine rings is 1. The van der Waals surface area contributed by atoms with Crippen molar-refractivity contribution >= 4 is 17.8 Å². The molecule has 0 atom stereocenters. The minimum Gasteiger partial charge on any atom is -0.450 e. The van der Waals surface area contributed by atoms with Crippen LogP contribution in [0.2, 0.25) is 0 Å². The van der Waals surface area contributed by atoms with Crippen LogP contribution in [0.15, 0.2) is 18.3 Å². The Bertz CT molecular complexity index is 623. The summed E-state index contributed by atoms with van der Waals surface area (Å²) >= 11 is 0. The molecule has 26 heavy (non-hydrogen) atoms. The van der Waals surface area contributed by atoms with Gasteiger partial charge >= 0.3 is 6.09 Å². The van der Waals surface area contributed by atoms with Crippen molar-refractivity contribution < 1.29 is 14.3 Å². The molecule has 0 aromatic carbocycles. The Kier molecular flexibility index (Phi) is 6.30. The summed E-state index contributed by atoms with van der Waals surface area (Å²) < 4.78 is 5.02. The molecule has 7 nitrogen and oxygen atoms in total. The second-order valence-electron chi connectivity index (χ2n) is 6.89. The molecule has 1 aliphatic carbocycles. The van der Waals surface area contributed by atoms with E-state index in [0.717, 1.165) is 18.7 Å². The Hall–Kier alpha value is -2.31. The van der Waals surface area contributed by atoms with Gasteiger partial charge in [-0.05, 0) is 31.9 Å². The van der Waals surface area contributed by atoms with Gasteiger partial charge in [0.15, 0.2) is 0 Å². The lowest BCUT2D eigenvalue weighted by Gasteiger charge is -2.34. The first kappa shape index (κ1) is 18.5. The van der Waals surface area contributed by atoms with Crippen LogP contribution in [-0.2, 0) is 4.74 Å². The summed E-state index contributed by atoms with van der Waals surface area (Å²) in [6, 6.07) is 4.05. The minimum absolute atomic E-state index is 0.0115. The zero-order valence-corrected chi connectivity index (χ0v) is 15.4. The van der Waals surface area contributed by atoms with E-state index in [2.05, 4.69) is 10.3 Å². The van der Waals surface area contributed by atoms with Gasteiger partial charge in [0.05, 0.1) is 6.61 Å². The first-order valence-electron chi connectivity index (χ1n) is 9.61.